The lowest BCUT2D eigenvalue weighted by Gasteiger charge is -2.41. The number of aromatic nitrogens is 5. The van der Waals surface area contributed by atoms with E-state index in [1.807, 2.05) is 18.2 Å². The molecule has 10 aromatic rings. The molecular weight excluding hydrogens is 709 g/mol. The zero-order chi connectivity index (χ0) is 37.2. The Balaban J connectivity index is 0.967. The van der Waals surface area contributed by atoms with Gasteiger partial charge in [0.25, 0.3) is 0 Å². The highest BCUT2D eigenvalue weighted by atomic mass is 16.5. The highest BCUT2D eigenvalue weighted by molar-refractivity contribution is 6.11. The number of nitrogens with zero attached hydrogens (tertiary/aromatic N) is 6. The number of ether oxygens (including phenoxy) is 3. The predicted octanol–water partition coefficient (Wildman–Crippen LogP) is 12.3. The van der Waals surface area contributed by atoms with Gasteiger partial charge in [-0.25, -0.2) is 9.97 Å². The molecule has 0 saturated heterocycles. The largest absolute Gasteiger partial charge is 0.451 e. The first-order valence-corrected chi connectivity index (χ1v) is 18.7. The molecule has 4 aromatic heterocycles. The molecule has 0 atom stereocenters. The second-order valence-corrected chi connectivity index (χ2v) is 14.3. The number of fused-ring (bicyclic) bond motifs is 4. The van der Waals surface area contributed by atoms with E-state index in [0.29, 0.717) is 40.4 Å². The van der Waals surface area contributed by atoms with Crippen molar-refractivity contribution in [3.05, 3.63) is 158 Å². The van der Waals surface area contributed by atoms with Gasteiger partial charge in [-0.1, -0.05) is 97.1 Å². The maximum absolute atomic E-state index is 6.54. The van der Waals surface area contributed by atoms with Crippen LogP contribution >= 0.6 is 0 Å². The van der Waals surface area contributed by atoms with Crippen molar-refractivity contribution in [2.24, 2.45) is 0 Å². The maximum Gasteiger partial charge on any atom is 0.235 e. The summed E-state index contributed by atoms with van der Waals surface area (Å²) in [4.78, 5) is 21.5. The van der Waals surface area contributed by atoms with Crippen molar-refractivity contribution in [1.29, 1.82) is 0 Å². The zero-order valence-electron chi connectivity index (χ0n) is 29.9. The van der Waals surface area contributed by atoms with E-state index in [-0.39, 0.29) is 0 Å². The average molecular weight is 735 g/mol. The first-order valence-electron chi connectivity index (χ1n) is 18.7. The fourth-order valence-electron chi connectivity index (χ4n) is 8.59. The maximum atomic E-state index is 6.54. The van der Waals surface area contributed by atoms with Gasteiger partial charge in [0.05, 0.1) is 47.0 Å². The molecule has 0 unspecified atom stereocenters. The molecule has 266 valence electrons. The van der Waals surface area contributed by atoms with Crippen molar-refractivity contribution in [2.45, 2.75) is 0 Å². The zero-order valence-corrected chi connectivity index (χ0v) is 29.9. The first-order chi connectivity index (χ1) is 28.2. The average Bonchev–Trinajstić information content (AvgIpc) is 3.60. The number of hydrogen-bond donors (Lipinski definition) is 0. The van der Waals surface area contributed by atoms with Gasteiger partial charge in [0.1, 0.15) is 17.1 Å². The number of rotatable bonds is 4. The predicted molar refractivity (Wildman–Crippen MR) is 221 cm³/mol. The Hall–Kier alpha value is -8.04. The molecule has 7 heterocycles. The molecule has 0 aliphatic carbocycles. The summed E-state index contributed by atoms with van der Waals surface area (Å²) < 4.78 is 21.4. The summed E-state index contributed by atoms with van der Waals surface area (Å²) in [7, 11) is 0. The van der Waals surface area contributed by atoms with Crippen molar-refractivity contribution in [2.75, 3.05) is 4.90 Å². The third-order valence-electron chi connectivity index (χ3n) is 11.1. The van der Waals surface area contributed by atoms with E-state index in [4.69, 9.17) is 24.2 Å². The fraction of sp³-hybridized carbons (Fsp3) is 0. The molecule has 3 aliphatic heterocycles. The van der Waals surface area contributed by atoms with Gasteiger partial charge >= 0.3 is 0 Å². The summed E-state index contributed by atoms with van der Waals surface area (Å²) >= 11 is 0. The number of para-hydroxylation sites is 2. The molecule has 0 fully saturated rings. The number of anilines is 3. The van der Waals surface area contributed by atoms with Gasteiger partial charge in [0.2, 0.25) is 5.95 Å². The second-order valence-electron chi connectivity index (χ2n) is 14.3. The Labute approximate surface area is 324 Å². The van der Waals surface area contributed by atoms with Gasteiger partial charge in [-0.3, -0.25) is 19.4 Å². The fourth-order valence-corrected chi connectivity index (χ4v) is 8.59. The highest BCUT2D eigenvalue weighted by Gasteiger charge is 2.42. The lowest BCUT2D eigenvalue weighted by molar-refractivity contribution is 0.413. The van der Waals surface area contributed by atoms with Crippen molar-refractivity contribution < 1.29 is 14.2 Å². The van der Waals surface area contributed by atoms with Crippen molar-refractivity contribution in [3.63, 3.8) is 0 Å². The van der Waals surface area contributed by atoms with Gasteiger partial charge in [0, 0.05) is 21.7 Å². The van der Waals surface area contributed by atoms with Crippen LogP contribution in [0.1, 0.15) is 0 Å². The topological polar surface area (TPSA) is 87.4 Å². The van der Waals surface area contributed by atoms with E-state index in [1.165, 1.54) is 5.56 Å². The summed E-state index contributed by atoms with van der Waals surface area (Å²) in [5.41, 5.74) is 11.5. The monoisotopic (exact) mass is 734 g/mol. The first kappa shape index (κ1) is 30.3. The number of benzene rings is 6. The molecule has 0 bridgehead atoms. The molecule has 13 rings (SSSR count). The van der Waals surface area contributed by atoms with E-state index in [1.54, 1.807) is 24.8 Å². The summed E-state index contributed by atoms with van der Waals surface area (Å²) in [5.74, 6) is 4.37. The highest BCUT2D eigenvalue weighted by Crippen LogP contribution is 2.66. The van der Waals surface area contributed by atoms with Crippen molar-refractivity contribution in [1.82, 2.24) is 24.5 Å². The van der Waals surface area contributed by atoms with E-state index in [0.717, 1.165) is 77.7 Å². The second kappa shape index (κ2) is 11.2. The Morgan fingerprint density at radius 1 is 0.386 bits per heavy atom. The molecular formula is C48H26N6O3. The molecule has 3 aliphatic rings. The molecule has 9 nitrogen and oxygen atoms in total. The van der Waals surface area contributed by atoms with Crippen molar-refractivity contribution in [3.8, 4) is 74.0 Å². The van der Waals surface area contributed by atoms with Crippen LogP contribution in [0.4, 0.5) is 17.1 Å². The summed E-state index contributed by atoms with van der Waals surface area (Å²) in [5, 5.41) is 3.17. The van der Waals surface area contributed by atoms with Crippen LogP contribution < -0.4 is 19.1 Å². The van der Waals surface area contributed by atoms with Crippen LogP contribution in [0.15, 0.2) is 158 Å². The minimum absolute atomic E-state index is 0.604. The smallest absolute Gasteiger partial charge is 0.235 e. The lowest BCUT2D eigenvalue weighted by atomic mass is 9.99. The molecule has 6 aromatic carbocycles. The van der Waals surface area contributed by atoms with E-state index < -0.39 is 0 Å². The van der Waals surface area contributed by atoms with E-state index in [2.05, 4.69) is 135 Å². The van der Waals surface area contributed by atoms with Crippen LogP contribution in [0, 0.1) is 0 Å². The third kappa shape index (κ3) is 4.33. The summed E-state index contributed by atoms with van der Waals surface area (Å²) in [6.07, 6.45) is 6.84. The van der Waals surface area contributed by atoms with Crippen LogP contribution in [-0.4, -0.2) is 24.5 Å². The quantitative estimate of drug-likeness (QED) is 0.177. The van der Waals surface area contributed by atoms with Crippen LogP contribution in [0.5, 0.6) is 34.5 Å². The van der Waals surface area contributed by atoms with Crippen LogP contribution in [0.2, 0.25) is 0 Å². The Kier molecular flexibility index (Phi) is 5.98. The normalized spacial score (nSPS) is 12.9. The summed E-state index contributed by atoms with van der Waals surface area (Å²) in [6.45, 7) is 0. The summed E-state index contributed by atoms with van der Waals surface area (Å²) in [6, 6.07) is 46.4. The molecule has 0 radical (unpaired) electrons. The van der Waals surface area contributed by atoms with Gasteiger partial charge in [-0.05, 0) is 58.7 Å². The van der Waals surface area contributed by atoms with Gasteiger partial charge in [-0.2, -0.15) is 0 Å². The Morgan fingerprint density at radius 2 is 0.930 bits per heavy atom. The van der Waals surface area contributed by atoms with Crippen LogP contribution in [0.25, 0.3) is 72.2 Å². The number of hydrogen-bond acceptors (Lipinski definition) is 8. The number of pyridine rings is 2. The minimum Gasteiger partial charge on any atom is -0.451 e. The van der Waals surface area contributed by atoms with Crippen LogP contribution in [0.3, 0.4) is 0 Å². The molecule has 0 N–H and O–H groups in total. The van der Waals surface area contributed by atoms with Gasteiger partial charge < -0.3 is 14.2 Å². The molecule has 0 spiro atoms. The standard InChI is InChI=1S/C48H26N6O3/c1-2-8-27(9-3-1)28-14-16-29(17-15-28)44-33-11-4-6-12-35(33)51-48(52-44)53-36-13-7-5-10-32(36)34-20-30(18-19-37(34)53)31-21-38-45-39(22-31)56-41-24-50-26-43-47(41)54(45)46-40(55-38)23-49-25-42(46)57-43/h1-26H. The van der Waals surface area contributed by atoms with Crippen LogP contribution in [-0.2, 0) is 0 Å². The Morgan fingerprint density at radius 3 is 1.65 bits per heavy atom. The molecule has 9 heteroatoms. The molecule has 0 saturated carbocycles. The minimum atomic E-state index is 0.604. The van der Waals surface area contributed by atoms with Crippen molar-refractivity contribution >= 4 is 49.8 Å². The van der Waals surface area contributed by atoms with E-state index >= 15 is 0 Å². The Bertz CT molecular complexity index is 3270. The van der Waals surface area contributed by atoms with E-state index in [9.17, 15) is 0 Å². The lowest BCUT2D eigenvalue weighted by Crippen LogP contribution is -2.24. The molecule has 0 amide bonds. The molecule has 57 heavy (non-hydrogen) atoms. The third-order valence-corrected chi connectivity index (χ3v) is 11.1. The SMILES string of the molecule is c1ccc(-c2ccc(-c3nc(-n4c5ccccc5c5cc(-c6cc7c8c(c6)Oc6cncc9c6N8c6c(cncc6O7)O9)ccc54)nc4ccccc34)cc2)cc1. The van der Waals surface area contributed by atoms with Gasteiger partial charge in [-0.15, -0.1) is 0 Å². The van der Waals surface area contributed by atoms with Gasteiger partial charge in [0.15, 0.2) is 34.5 Å².